The van der Waals surface area contributed by atoms with Crippen LogP contribution in [0, 0.1) is 13.8 Å². The molecule has 4 nitrogen and oxygen atoms in total. The molecule has 0 unspecified atom stereocenters. The van der Waals surface area contributed by atoms with Gasteiger partial charge in [-0.15, -0.1) is 0 Å². The molecule has 0 aliphatic carbocycles. The average Bonchev–Trinajstić information content (AvgIpc) is 2.80. The fourth-order valence-electron chi connectivity index (χ4n) is 4.07. The Labute approximate surface area is 185 Å². The van der Waals surface area contributed by atoms with Gasteiger partial charge in [-0.1, -0.05) is 54.6 Å². The Balaban J connectivity index is 1.48. The quantitative estimate of drug-likeness (QED) is 0.340. The van der Waals surface area contributed by atoms with Crippen molar-refractivity contribution >= 4 is 33.3 Å². The van der Waals surface area contributed by atoms with E-state index in [1.165, 1.54) is 0 Å². The van der Waals surface area contributed by atoms with Crippen LogP contribution in [0.15, 0.2) is 94.1 Å². The van der Waals surface area contributed by atoms with E-state index >= 15 is 0 Å². The third kappa shape index (κ3) is 3.46. The van der Waals surface area contributed by atoms with Crippen LogP contribution >= 0.6 is 0 Å². The summed E-state index contributed by atoms with van der Waals surface area (Å²) in [5.41, 5.74) is 4.75. The number of amides is 1. The van der Waals surface area contributed by atoms with E-state index in [-0.39, 0.29) is 11.5 Å². The SMILES string of the molecule is Cc1cc(-c2cc3ccccc3oc2=O)ccc1NC(=O)c1ccc(C)c2ccccc12. The van der Waals surface area contributed by atoms with Crippen molar-refractivity contribution in [2.24, 2.45) is 0 Å². The van der Waals surface area contributed by atoms with Gasteiger partial charge in [0.05, 0.1) is 5.56 Å². The van der Waals surface area contributed by atoms with E-state index < -0.39 is 0 Å². The summed E-state index contributed by atoms with van der Waals surface area (Å²) < 4.78 is 5.46. The molecule has 0 bridgehead atoms. The fourth-order valence-corrected chi connectivity index (χ4v) is 4.07. The van der Waals surface area contributed by atoms with E-state index in [1.807, 2.05) is 92.7 Å². The maximum absolute atomic E-state index is 13.1. The molecule has 0 saturated carbocycles. The Morgan fingerprint density at radius 1 is 0.781 bits per heavy atom. The molecule has 5 aromatic rings. The molecule has 4 aromatic carbocycles. The summed E-state index contributed by atoms with van der Waals surface area (Å²) >= 11 is 0. The van der Waals surface area contributed by atoms with Gasteiger partial charge in [-0.2, -0.15) is 0 Å². The number of hydrogen-bond acceptors (Lipinski definition) is 3. The number of carbonyl (C=O) groups excluding carboxylic acids is 1. The molecular formula is C28H21NO3. The molecule has 1 amide bonds. The van der Waals surface area contributed by atoms with Gasteiger partial charge < -0.3 is 9.73 Å². The minimum Gasteiger partial charge on any atom is -0.422 e. The number of fused-ring (bicyclic) bond motifs is 2. The van der Waals surface area contributed by atoms with Crippen molar-refractivity contribution in [2.75, 3.05) is 5.32 Å². The normalized spacial score (nSPS) is 11.1. The standard InChI is InChI=1S/C28H21NO3/c1-17-11-13-23(22-9-5-4-8-21(17)22)27(30)29-25-14-12-19(15-18(25)2)24-16-20-7-3-6-10-26(20)32-28(24)31/h3-16H,1-2H3,(H,29,30). The molecule has 0 fully saturated rings. The Morgan fingerprint density at radius 2 is 1.53 bits per heavy atom. The van der Waals surface area contributed by atoms with Crippen LogP contribution < -0.4 is 10.9 Å². The highest BCUT2D eigenvalue weighted by Gasteiger charge is 2.14. The van der Waals surface area contributed by atoms with Gasteiger partial charge in [-0.3, -0.25) is 4.79 Å². The second-order valence-electron chi connectivity index (χ2n) is 7.94. The summed E-state index contributed by atoms with van der Waals surface area (Å²) in [5, 5.41) is 5.87. The maximum atomic E-state index is 13.1. The number of para-hydroxylation sites is 1. The van der Waals surface area contributed by atoms with Crippen molar-refractivity contribution in [1.82, 2.24) is 0 Å². The molecule has 0 atom stereocenters. The molecule has 0 aliphatic heterocycles. The van der Waals surface area contributed by atoms with E-state index in [0.717, 1.165) is 32.8 Å². The Hall–Kier alpha value is -4.18. The second-order valence-corrected chi connectivity index (χ2v) is 7.94. The first kappa shape index (κ1) is 19.8. The maximum Gasteiger partial charge on any atom is 0.344 e. The highest BCUT2D eigenvalue weighted by atomic mass is 16.4. The number of hydrogen-bond donors (Lipinski definition) is 1. The van der Waals surface area contributed by atoms with Crippen LogP contribution in [-0.2, 0) is 0 Å². The molecule has 156 valence electrons. The summed E-state index contributed by atoms with van der Waals surface area (Å²) in [6.07, 6.45) is 0. The number of benzene rings is 4. The van der Waals surface area contributed by atoms with Crippen LogP contribution in [0.2, 0.25) is 0 Å². The van der Waals surface area contributed by atoms with E-state index in [2.05, 4.69) is 5.32 Å². The van der Waals surface area contributed by atoms with E-state index in [4.69, 9.17) is 4.42 Å². The fraction of sp³-hybridized carbons (Fsp3) is 0.0714. The summed E-state index contributed by atoms with van der Waals surface area (Å²) in [6.45, 7) is 3.95. The molecular weight excluding hydrogens is 398 g/mol. The zero-order valence-corrected chi connectivity index (χ0v) is 17.8. The van der Waals surface area contributed by atoms with Gasteiger partial charge in [0, 0.05) is 16.6 Å². The van der Waals surface area contributed by atoms with Crippen molar-refractivity contribution in [2.45, 2.75) is 13.8 Å². The molecule has 1 N–H and O–H groups in total. The summed E-state index contributed by atoms with van der Waals surface area (Å²) in [7, 11) is 0. The lowest BCUT2D eigenvalue weighted by Gasteiger charge is -2.13. The molecule has 0 spiro atoms. The number of aryl methyl sites for hydroxylation is 2. The van der Waals surface area contributed by atoms with Gasteiger partial charge >= 0.3 is 5.63 Å². The lowest BCUT2D eigenvalue weighted by Crippen LogP contribution is -2.13. The smallest absolute Gasteiger partial charge is 0.344 e. The van der Waals surface area contributed by atoms with Crippen molar-refractivity contribution < 1.29 is 9.21 Å². The predicted molar refractivity (Wildman–Crippen MR) is 129 cm³/mol. The van der Waals surface area contributed by atoms with Crippen molar-refractivity contribution in [3.05, 3.63) is 112 Å². The number of carbonyl (C=O) groups is 1. The second kappa shape index (κ2) is 7.82. The van der Waals surface area contributed by atoms with E-state index in [1.54, 1.807) is 6.07 Å². The highest BCUT2D eigenvalue weighted by Crippen LogP contribution is 2.27. The van der Waals surface area contributed by atoms with Crippen molar-refractivity contribution in [3.63, 3.8) is 0 Å². The zero-order chi connectivity index (χ0) is 22.2. The summed E-state index contributed by atoms with van der Waals surface area (Å²) in [5.74, 6) is -0.165. The first-order valence-electron chi connectivity index (χ1n) is 10.4. The van der Waals surface area contributed by atoms with Crippen molar-refractivity contribution in [3.8, 4) is 11.1 Å². The third-order valence-corrected chi connectivity index (χ3v) is 5.81. The lowest BCUT2D eigenvalue weighted by molar-refractivity contribution is 0.102. The largest absolute Gasteiger partial charge is 0.422 e. The third-order valence-electron chi connectivity index (χ3n) is 5.81. The molecule has 0 radical (unpaired) electrons. The number of anilines is 1. The average molecular weight is 419 g/mol. The van der Waals surface area contributed by atoms with Gasteiger partial charge in [0.2, 0.25) is 0 Å². The number of rotatable bonds is 3. The van der Waals surface area contributed by atoms with Gasteiger partial charge in [-0.25, -0.2) is 4.79 Å². The lowest BCUT2D eigenvalue weighted by atomic mass is 9.99. The van der Waals surface area contributed by atoms with Crippen molar-refractivity contribution in [1.29, 1.82) is 0 Å². The van der Waals surface area contributed by atoms with E-state index in [9.17, 15) is 9.59 Å². The van der Waals surface area contributed by atoms with Crippen LogP contribution in [0.3, 0.4) is 0 Å². The topological polar surface area (TPSA) is 59.3 Å². The first-order valence-corrected chi connectivity index (χ1v) is 10.4. The van der Waals surface area contributed by atoms with E-state index in [0.29, 0.717) is 22.4 Å². The minimum atomic E-state index is -0.383. The molecule has 1 heterocycles. The van der Waals surface area contributed by atoms with Gasteiger partial charge in [0.1, 0.15) is 5.58 Å². The molecule has 0 aliphatic rings. The molecule has 4 heteroatoms. The van der Waals surface area contributed by atoms with Crippen LogP contribution in [0.25, 0.3) is 32.9 Å². The Bertz CT molecular complexity index is 1560. The van der Waals surface area contributed by atoms with Gasteiger partial charge in [0.15, 0.2) is 0 Å². The number of nitrogens with one attached hydrogen (secondary N) is 1. The Morgan fingerprint density at radius 3 is 2.34 bits per heavy atom. The van der Waals surface area contributed by atoms with Crippen LogP contribution in [0.5, 0.6) is 0 Å². The summed E-state index contributed by atoms with van der Waals surface area (Å²) in [4.78, 5) is 25.6. The highest BCUT2D eigenvalue weighted by molar-refractivity contribution is 6.13. The van der Waals surface area contributed by atoms with Crippen LogP contribution in [-0.4, -0.2) is 5.91 Å². The monoisotopic (exact) mass is 419 g/mol. The van der Waals surface area contributed by atoms with Gasteiger partial charge in [-0.05, 0) is 71.6 Å². The molecule has 0 saturated heterocycles. The van der Waals surface area contributed by atoms with Crippen LogP contribution in [0.4, 0.5) is 5.69 Å². The summed E-state index contributed by atoms with van der Waals surface area (Å²) in [6, 6.07) is 26.5. The zero-order valence-electron chi connectivity index (χ0n) is 17.8. The Kier molecular flexibility index (Phi) is 4.83. The molecule has 5 rings (SSSR count). The van der Waals surface area contributed by atoms with Crippen LogP contribution in [0.1, 0.15) is 21.5 Å². The van der Waals surface area contributed by atoms with Gasteiger partial charge in [0.25, 0.3) is 5.91 Å². The molecule has 32 heavy (non-hydrogen) atoms. The predicted octanol–water partition coefficient (Wildman–Crippen LogP) is 6.48. The first-order chi connectivity index (χ1) is 15.5. The molecule has 1 aromatic heterocycles. The minimum absolute atomic E-state index is 0.165.